The molecule has 2 aliphatic rings. The van der Waals surface area contributed by atoms with Crippen molar-refractivity contribution < 1.29 is 13.7 Å². The minimum absolute atomic E-state index is 0.0122. The van der Waals surface area contributed by atoms with Crippen molar-refractivity contribution >= 4 is 16.8 Å². The summed E-state index contributed by atoms with van der Waals surface area (Å²) in [6.45, 7) is 4.33. The number of morpholine rings is 1. The molecule has 1 N–H and O–H groups in total. The van der Waals surface area contributed by atoms with Gasteiger partial charge in [0.2, 0.25) is 0 Å². The number of rotatable bonds is 3. The number of ether oxygens (including phenoxy) is 1. The van der Waals surface area contributed by atoms with Crippen LogP contribution in [0.15, 0.2) is 0 Å². The predicted molar refractivity (Wildman–Crippen MR) is 84.9 cm³/mol. The van der Waals surface area contributed by atoms with Crippen LogP contribution >= 0.6 is 0 Å². The average molecular weight is 316 g/mol. The van der Waals surface area contributed by atoms with Gasteiger partial charge in [-0.15, -0.1) is 0 Å². The minimum atomic E-state index is -0.903. The molecule has 122 valence electrons. The first kappa shape index (κ1) is 16.7. The summed E-state index contributed by atoms with van der Waals surface area (Å²) in [6.07, 6.45) is 8.74. The third kappa shape index (κ3) is 4.68. The maximum Gasteiger partial charge on any atom is 0.317 e. The van der Waals surface area contributed by atoms with Gasteiger partial charge in [0.1, 0.15) is 0 Å². The van der Waals surface area contributed by atoms with Gasteiger partial charge in [0.05, 0.1) is 18.8 Å². The lowest BCUT2D eigenvalue weighted by Crippen LogP contribution is -2.56. The molecule has 2 fully saturated rings. The van der Waals surface area contributed by atoms with Gasteiger partial charge in [0.25, 0.3) is 0 Å². The second-order valence-electron chi connectivity index (χ2n) is 6.36. The van der Waals surface area contributed by atoms with E-state index in [1.165, 1.54) is 25.7 Å². The van der Waals surface area contributed by atoms with Crippen molar-refractivity contribution in [2.45, 2.75) is 56.3 Å². The largest absolute Gasteiger partial charge is 0.371 e. The van der Waals surface area contributed by atoms with Gasteiger partial charge in [-0.2, -0.15) is 0 Å². The van der Waals surface area contributed by atoms with E-state index in [0.29, 0.717) is 26.2 Å². The Morgan fingerprint density at radius 3 is 2.62 bits per heavy atom. The lowest BCUT2D eigenvalue weighted by Gasteiger charge is -2.42. The number of hydrogen-bond acceptors (Lipinski definition) is 3. The summed E-state index contributed by atoms with van der Waals surface area (Å²) in [4.78, 5) is 14.2. The number of hydrogen-bond donors (Lipinski definition) is 1. The maximum atomic E-state index is 12.3. The Morgan fingerprint density at radius 2 is 2.00 bits per heavy atom. The van der Waals surface area contributed by atoms with Crippen LogP contribution in [0, 0.1) is 0 Å². The highest BCUT2D eigenvalue weighted by molar-refractivity contribution is 7.84. The Balaban J connectivity index is 1.87. The second-order valence-corrected chi connectivity index (χ2v) is 8.16. The highest BCUT2D eigenvalue weighted by Crippen LogP contribution is 2.33. The van der Waals surface area contributed by atoms with Crippen LogP contribution in [0.5, 0.6) is 0 Å². The molecule has 0 bridgehead atoms. The van der Waals surface area contributed by atoms with E-state index < -0.39 is 10.8 Å². The normalized spacial score (nSPS) is 25.1. The molecule has 6 heteroatoms. The zero-order valence-electron chi connectivity index (χ0n) is 13.2. The Bertz CT molecular complexity index is 381. The minimum Gasteiger partial charge on any atom is -0.371 e. The van der Waals surface area contributed by atoms with Gasteiger partial charge in [-0.25, -0.2) is 4.79 Å². The first-order valence-corrected chi connectivity index (χ1v) is 9.63. The van der Waals surface area contributed by atoms with Crippen molar-refractivity contribution in [3.63, 3.8) is 0 Å². The maximum absolute atomic E-state index is 12.3. The van der Waals surface area contributed by atoms with E-state index in [1.807, 2.05) is 11.8 Å². The first-order valence-electron chi connectivity index (χ1n) is 8.01. The molecule has 1 aliphatic heterocycles. The van der Waals surface area contributed by atoms with Gasteiger partial charge in [-0.3, -0.25) is 4.21 Å². The summed E-state index contributed by atoms with van der Waals surface area (Å²) >= 11 is 0. The van der Waals surface area contributed by atoms with Gasteiger partial charge < -0.3 is 15.0 Å². The van der Waals surface area contributed by atoms with E-state index in [-0.39, 0.29) is 16.9 Å². The van der Waals surface area contributed by atoms with Crippen molar-refractivity contribution in [1.29, 1.82) is 0 Å². The molecule has 1 spiro atoms. The molecule has 2 amide bonds. The van der Waals surface area contributed by atoms with Crippen LogP contribution in [0.1, 0.15) is 45.4 Å². The standard InChI is InChI=1S/C15H28N2O3S/c1-13(21(2)19)11-16-14(18)17-9-10-20-15(12-17)7-5-3-4-6-8-15/h13H,3-12H2,1-2H3,(H,16,18)/t13-,21-/m1/s1. The monoisotopic (exact) mass is 316 g/mol. The van der Waals surface area contributed by atoms with E-state index in [2.05, 4.69) is 5.32 Å². The van der Waals surface area contributed by atoms with Crippen molar-refractivity contribution in [2.24, 2.45) is 0 Å². The third-order valence-electron chi connectivity index (χ3n) is 4.66. The molecule has 0 radical (unpaired) electrons. The van der Waals surface area contributed by atoms with E-state index >= 15 is 0 Å². The van der Waals surface area contributed by atoms with E-state index in [1.54, 1.807) is 6.26 Å². The number of nitrogens with zero attached hydrogens (tertiary/aromatic N) is 1. The highest BCUT2D eigenvalue weighted by atomic mass is 32.2. The Hall–Kier alpha value is -0.620. The van der Waals surface area contributed by atoms with Gasteiger partial charge in [-0.1, -0.05) is 25.7 Å². The molecule has 0 aromatic carbocycles. The van der Waals surface area contributed by atoms with Crippen molar-refractivity contribution in [3.05, 3.63) is 0 Å². The smallest absolute Gasteiger partial charge is 0.317 e. The van der Waals surface area contributed by atoms with Crippen molar-refractivity contribution in [3.8, 4) is 0 Å². The fourth-order valence-corrected chi connectivity index (χ4v) is 3.47. The second kappa shape index (κ2) is 7.58. The van der Waals surface area contributed by atoms with Gasteiger partial charge in [-0.05, 0) is 19.8 Å². The Morgan fingerprint density at radius 1 is 1.33 bits per heavy atom. The summed E-state index contributed by atoms with van der Waals surface area (Å²) in [7, 11) is -0.903. The van der Waals surface area contributed by atoms with E-state index in [4.69, 9.17) is 4.74 Å². The summed E-state index contributed by atoms with van der Waals surface area (Å²) in [5.74, 6) is 0. The van der Waals surface area contributed by atoms with Gasteiger partial charge >= 0.3 is 6.03 Å². The molecular weight excluding hydrogens is 288 g/mol. The van der Waals surface area contributed by atoms with Crippen LogP contribution in [-0.4, -0.2) is 58.5 Å². The molecular formula is C15H28N2O3S. The predicted octanol–water partition coefficient (Wildman–Crippen LogP) is 1.89. The molecule has 2 rings (SSSR count). The zero-order valence-corrected chi connectivity index (χ0v) is 14.0. The van der Waals surface area contributed by atoms with Gasteiger partial charge in [0.15, 0.2) is 0 Å². The molecule has 1 saturated heterocycles. The molecule has 21 heavy (non-hydrogen) atoms. The van der Waals surface area contributed by atoms with Crippen LogP contribution in [0.2, 0.25) is 0 Å². The third-order valence-corrected chi connectivity index (χ3v) is 5.96. The van der Waals surface area contributed by atoms with Crippen molar-refractivity contribution in [1.82, 2.24) is 10.2 Å². The summed E-state index contributed by atoms with van der Waals surface area (Å²) in [5.41, 5.74) is -0.120. The quantitative estimate of drug-likeness (QED) is 0.865. The number of urea groups is 1. The SMILES string of the molecule is C[C@H](CNC(=O)N1CCOC2(CCCCCC2)C1)[S@@](C)=O. The zero-order chi connectivity index (χ0) is 15.3. The topological polar surface area (TPSA) is 58.6 Å². The van der Waals surface area contributed by atoms with Crippen LogP contribution < -0.4 is 5.32 Å². The fourth-order valence-electron chi connectivity index (χ4n) is 3.15. The average Bonchev–Trinajstić information content (AvgIpc) is 2.70. The molecule has 5 nitrogen and oxygen atoms in total. The summed E-state index contributed by atoms with van der Waals surface area (Å²) in [6, 6.07) is -0.0424. The lowest BCUT2D eigenvalue weighted by atomic mass is 9.92. The molecule has 0 unspecified atom stereocenters. The molecule has 0 aromatic heterocycles. The molecule has 1 aliphatic carbocycles. The Kier molecular flexibility index (Phi) is 6.05. The van der Waals surface area contributed by atoms with Crippen molar-refractivity contribution in [2.75, 3.05) is 32.5 Å². The number of carbonyl (C=O) groups is 1. The van der Waals surface area contributed by atoms with Crippen LogP contribution in [0.25, 0.3) is 0 Å². The molecule has 2 atom stereocenters. The van der Waals surface area contributed by atoms with E-state index in [0.717, 1.165) is 12.8 Å². The molecule has 1 heterocycles. The molecule has 1 saturated carbocycles. The highest BCUT2D eigenvalue weighted by Gasteiger charge is 2.38. The van der Waals surface area contributed by atoms with E-state index in [9.17, 15) is 9.00 Å². The van der Waals surface area contributed by atoms with Gasteiger partial charge in [0, 0.05) is 35.4 Å². The number of carbonyl (C=O) groups excluding carboxylic acids is 1. The number of nitrogens with one attached hydrogen (secondary N) is 1. The number of amides is 2. The van der Waals surface area contributed by atoms with Crippen LogP contribution in [-0.2, 0) is 15.5 Å². The Labute approximate surface area is 130 Å². The molecule has 0 aromatic rings. The summed E-state index contributed by atoms with van der Waals surface area (Å²) in [5, 5.41) is 2.90. The first-order chi connectivity index (χ1) is 10.0. The summed E-state index contributed by atoms with van der Waals surface area (Å²) < 4.78 is 17.4. The van der Waals surface area contributed by atoms with Crippen LogP contribution in [0.4, 0.5) is 4.79 Å². The fraction of sp³-hybridized carbons (Fsp3) is 0.933. The lowest BCUT2D eigenvalue weighted by molar-refractivity contribution is -0.105. The van der Waals surface area contributed by atoms with Crippen LogP contribution in [0.3, 0.4) is 0 Å².